The van der Waals surface area contributed by atoms with Crippen LogP contribution in [0.2, 0.25) is 0 Å². The summed E-state index contributed by atoms with van der Waals surface area (Å²) < 4.78 is 12.0. The highest BCUT2D eigenvalue weighted by molar-refractivity contribution is 5.89. The van der Waals surface area contributed by atoms with Crippen LogP contribution in [-0.2, 0) is 22.6 Å². The van der Waals surface area contributed by atoms with E-state index >= 15 is 0 Å². The minimum absolute atomic E-state index is 0. The number of hydrogen-bond acceptors (Lipinski definition) is 4. The van der Waals surface area contributed by atoms with Crippen molar-refractivity contribution in [3.63, 3.8) is 0 Å². The van der Waals surface area contributed by atoms with Crippen LogP contribution < -0.4 is 22.3 Å². The van der Waals surface area contributed by atoms with Crippen molar-refractivity contribution in [1.29, 1.82) is 0 Å². The quantitative estimate of drug-likeness (QED) is 0.526. The van der Waals surface area contributed by atoms with Gasteiger partial charge in [0.25, 0.3) is 6.73 Å². The van der Waals surface area contributed by atoms with Crippen molar-refractivity contribution in [2.24, 2.45) is 0 Å². The number of nitrogens with zero attached hydrogens (tertiary/aromatic N) is 1. The summed E-state index contributed by atoms with van der Waals surface area (Å²) in [5.41, 5.74) is 1.61. The van der Waals surface area contributed by atoms with Crippen LogP contribution in [0.4, 0.5) is 4.79 Å². The average Bonchev–Trinajstić information content (AvgIpc) is 2.60. The summed E-state index contributed by atoms with van der Waals surface area (Å²) in [5.74, 6) is -0.374. The number of pyridine rings is 1. The van der Waals surface area contributed by atoms with E-state index in [1.54, 1.807) is 42.9 Å². The maximum atomic E-state index is 11.9. The van der Waals surface area contributed by atoms with Crippen LogP contribution in [0.5, 0.6) is 0 Å². The number of ether oxygens (including phenoxy) is 2. The van der Waals surface area contributed by atoms with Gasteiger partial charge in [-0.1, -0.05) is 30.3 Å². The molecule has 0 bridgehead atoms. The largest absolute Gasteiger partial charge is 1.00 e. The van der Waals surface area contributed by atoms with Crippen molar-refractivity contribution in [3.8, 4) is 0 Å². The van der Waals surface area contributed by atoms with Crippen LogP contribution in [0.1, 0.15) is 36.7 Å². The highest BCUT2D eigenvalue weighted by Crippen LogP contribution is 2.03. The lowest BCUT2D eigenvalue weighted by atomic mass is 10.1. The van der Waals surface area contributed by atoms with Gasteiger partial charge in [0.1, 0.15) is 0 Å². The molecule has 0 spiro atoms. The van der Waals surface area contributed by atoms with Crippen LogP contribution >= 0.6 is 0 Å². The molecule has 7 heteroatoms. The zero-order valence-corrected chi connectivity index (χ0v) is 16.5. The maximum Gasteiger partial charge on any atom is 0.412 e. The molecule has 2 aromatic rings. The van der Waals surface area contributed by atoms with Gasteiger partial charge >= 0.3 is 12.1 Å². The Balaban J connectivity index is 0.00000364. The molecule has 0 aliphatic rings. The lowest BCUT2D eigenvalue weighted by Crippen LogP contribution is -3.00. The molecule has 1 N–H and O–H groups in total. The molecule has 0 aliphatic heterocycles. The first kappa shape index (κ1) is 22.4. The Morgan fingerprint density at radius 3 is 2.26 bits per heavy atom. The number of benzene rings is 1. The van der Waals surface area contributed by atoms with Gasteiger partial charge in [0.2, 0.25) is 0 Å². The third-order valence-corrected chi connectivity index (χ3v) is 3.56. The van der Waals surface area contributed by atoms with Crippen LogP contribution in [-0.4, -0.2) is 24.2 Å². The Bertz CT molecular complexity index is 721. The van der Waals surface area contributed by atoms with Gasteiger partial charge in [-0.05, 0) is 32.8 Å². The molecule has 0 saturated heterocycles. The van der Waals surface area contributed by atoms with Crippen LogP contribution in [0.3, 0.4) is 0 Å². The number of amides is 1. The Hall–Kier alpha value is -2.60. The monoisotopic (exact) mass is 392 g/mol. The molecule has 0 radical (unpaired) electrons. The lowest BCUT2D eigenvalue weighted by Gasteiger charge is -2.13. The first-order valence-electron chi connectivity index (χ1n) is 8.61. The fourth-order valence-electron chi connectivity index (χ4n) is 2.36. The molecule has 1 amide bonds. The summed E-state index contributed by atoms with van der Waals surface area (Å²) in [6.07, 6.45) is 3.41. The number of aromatic nitrogens is 1. The number of esters is 1. The number of carbonyl (C=O) groups excluding carboxylic acids is 2. The number of nitrogens with one attached hydrogen (secondary N) is 1. The molecule has 1 atom stereocenters. The van der Waals surface area contributed by atoms with E-state index in [1.807, 2.05) is 37.3 Å². The summed E-state index contributed by atoms with van der Waals surface area (Å²) in [5, 5.41) is 2.80. The van der Waals surface area contributed by atoms with Crippen molar-refractivity contribution >= 4 is 12.1 Å². The van der Waals surface area contributed by atoms with Gasteiger partial charge in [0.15, 0.2) is 12.4 Å². The van der Waals surface area contributed by atoms with Gasteiger partial charge in [-0.25, -0.2) is 9.59 Å². The number of halogens is 1. The van der Waals surface area contributed by atoms with Gasteiger partial charge in [0, 0.05) is 18.2 Å². The van der Waals surface area contributed by atoms with E-state index in [0.29, 0.717) is 5.56 Å². The molecule has 6 nitrogen and oxygen atoms in total. The lowest BCUT2D eigenvalue weighted by molar-refractivity contribution is -0.727. The standard InChI is InChI=1S/C20H24N2O4.ClH/c1-15(2)26-19(23)18-9-11-22(12-10-18)14-25-20(24)21-16(3)13-17-7-5-4-6-8-17;/h4-12,15-16H,13-14H2,1-3H3;1H/t16-;/m0./s1. The van der Waals surface area contributed by atoms with Crippen molar-refractivity contribution in [2.45, 2.75) is 46.1 Å². The molecule has 27 heavy (non-hydrogen) atoms. The van der Waals surface area contributed by atoms with Gasteiger partial charge in [-0.15, -0.1) is 0 Å². The Labute approximate surface area is 165 Å². The molecule has 0 saturated carbocycles. The highest BCUT2D eigenvalue weighted by Gasteiger charge is 2.13. The zero-order valence-electron chi connectivity index (χ0n) is 15.7. The van der Waals surface area contributed by atoms with Crippen LogP contribution in [0.25, 0.3) is 0 Å². The van der Waals surface area contributed by atoms with Crippen molar-refractivity contribution in [2.75, 3.05) is 0 Å². The number of hydrogen-bond donors (Lipinski definition) is 1. The minimum atomic E-state index is -0.482. The van der Waals surface area contributed by atoms with E-state index < -0.39 is 6.09 Å². The fourth-order valence-corrected chi connectivity index (χ4v) is 2.36. The summed E-state index contributed by atoms with van der Waals surface area (Å²) >= 11 is 0. The van der Waals surface area contributed by atoms with Gasteiger partial charge in [0.05, 0.1) is 11.7 Å². The molecule has 1 aromatic carbocycles. The SMILES string of the molecule is CC(C)OC(=O)c1cc[n+](COC(=O)N[C@@H](C)Cc2ccccc2)cc1.[Cl-]. The minimum Gasteiger partial charge on any atom is -1.00 e. The zero-order chi connectivity index (χ0) is 18.9. The maximum absolute atomic E-state index is 11.9. The van der Waals surface area contributed by atoms with Gasteiger partial charge < -0.3 is 27.2 Å². The smallest absolute Gasteiger partial charge is 0.412 e. The number of alkyl carbamates (subject to hydrolysis) is 1. The molecule has 0 unspecified atom stereocenters. The summed E-state index contributed by atoms with van der Waals surface area (Å²) in [6.45, 7) is 5.58. The van der Waals surface area contributed by atoms with Gasteiger partial charge in [-0.3, -0.25) is 0 Å². The topological polar surface area (TPSA) is 68.5 Å². The predicted molar refractivity (Wildman–Crippen MR) is 96.4 cm³/mol. The fraction of sp³-hybridized carbons (Fsp3) is 0.350. The highest BCUT2D eigenvalue weighted by atomic mass is 35.5. The van der Waals surface area contributed by atoms with Gasteiger partial charge in [-0.2, -0.15) is 4.57 Å². The molecule has 0 aliphatic carbocycles. The molecule has 2 rings (SSSR count). The van der Waals surface area contributed by atoms with Crippen molar-refractivity contribution in [3.05, 3.63) is 66.0 Å². The molecule has 1 aromatic heterocycles. The van der Waals surface area contributed by atoms with E-state index in [-0.39, 0.29) is 37.3 Å². The second kappa shape index (κ2) is 11.2. The molecular weight excluding hydrogens is 368 g/mol. The van der Waals surface area contributed by atoms with E-state index in [4.69, 9.17) is 9.47 Å². The van der Waals surface area contributed by atoms with E-state index in [1.165, 1.54) is 0 Å². The number of rotatable bonds is 7. The van der Waals surface area contributed by atoms with Crippen LogP contribution in [0.15, 0.2) is 54.9 Å². The van der Waals surface area contributed by atoms with E-state index in [2.05, 4.69) is 5.32 Å². The van der Waals surface area contributed by atoms with E-state index in [0.717, 1.165) is 12.0 Å². The second-order valence-electron chi connectivity index (χ2n) is 6.35. The summed E-state index contributed by atoms with van der Waals surface area (Å²) in [7, 11) is 0. The second-order valence-corrected chi connectivity index (χ2v) is 6.35. The Kier molecular flexibility index (Phi) is 9.30. The van der Waals surface area contributed by atoms with Crippen molar-refractivity contribution in [1.82, 2.24) is 5.32 Å². The normalized spacial score (nSPS) is 11.3. The third kappa shape index (κ3) is 8.09. The Morgan fingerprint density at radius 1 is 1.04 bits per heavy atom. The molecule has 1 heterocycles. The predicted octanol–water partition coefficient (Wildman–Crippen LogP) is -0.142. The third-order valence-electron chi connectivity index (χ3n) is 3.56. The first-order valence-corrected chi connectivity index (χ1v) is 8.61. The van der Waals surface area contributed by atoms with E-state index in [9.17, 15) is 9.59 Å². The Morgan fingerprint density at radius 2 is 1.67 bits per heavy atom. The molecule has 146 valence electrons. The summed E-state index contributed by atoms with van der Waals surface area (Å²) in [6, 6.07) is 13.2. The molecule has 0 fully saturated rings. The van der Waals surface area contributed by atoms with Crippen LogP contribution in [0, 0.1) is 0 Å². The summed E-state index contributed by atoms with van der Waals surface area (Å²) in [4.78, 5) is 23.7. The molecular formula is C20H25ClN2O4. The van der Waals surface area contributed by atoms with Crippen molar-refractivity contribution < 1.29 is 36.0 Å². The number of carbonyl (C=O) groups is 2. The average molecular weight is 393 g/mol. The first-order chi connectivity index (χ1) is 12.4.